The van der Waals surface area contributed by atoms with Crippen LogP contribution in [0.1, 0.15) is 32.1 Å². The van der Waals surface area contributed by atoms with E-state index < -0.39 is 0 Å². The predicted molar refractivity (Wildman–Crippen MR) is 89.5 cm³/mol. The molecule has 2 aliphatic heterocycles. The molecule has 4 fully saturated rings. The Morgan fingerprint density at radius 1 is 0.957 bits per heavy atom. The first kappa shape index (κ1) is 14.0. The third kappa shape index (κ3) is 2.32. The van der Waals surface area contributed by atoms with Crippen molar-refractivity contribution in [3.8, 4) is 0 Å². The maximum Gasteiger partial charge on any atom is 0.227 e. The van der Waals surface area contributed by atoms with E-state index in [0.29, 0.717) is 0 Å². The summed E-state index contributed by atoms with van der Waals surface area (Å²) in [4.78, 5) is 14.2. The summed E-state index contributed by atoms with van der Waals surface area (Å²) in [6, 6.07) is 2.02. The summed E-state index contributed by atoms with van der Waals surface area (Å²) in [7, 11) is 0. The molecule has 1 N–H and O–H groups in total. The first-order valence-corrected chi connectivity index (χ1v) is 9.29. The van der Waals surface area contributed by atoms with Gasteiger partial charge in [0.05, 0.1) is 6.10 Å². The zero-order chi connectivity index (χ0) is 15.4. The minimum Gasteiger partial charge on any atom is -0.393 e. The van der Waals surface area contributed by atoms with Gasteiger partial charge in [-0.3, -0.25) is 0 Å². The fourth-order valence-corrected chi connectivity index (χ4v) is 5.61. The molecular weight excluding hydrogens is 288 g/mol. The smallest absolute Gasteiger partial charge is 0.227 e. The molecule has 0 amide bonds. The van der Waals surface area contributed by atoms with E-state index in [9.17, 15) is 5.11 Å². The number of nitrogens with zero attached hydrogens (tertiary/aromatic N) is 4. The molecular formula is C18H26N4O. The molecule has 23 heavy (non-hydrogen) atoms. The number of anilines is 2. The van der Waals surface area contributed by atoms with Crippen LogP contribution in [0, 0.1) is 23.7 Å². The lowest BCUT2D eigenvalue weighted by Crippen LogP contribution is -2.36. The number of aliphatic hydroxyl groups is 1. The van der Waals surface area contributed by atoms with E-state index in [1.807, 2.05) is 12.3 Å². The van der Waals surface area contributed by atoms with Crippen molar-refractivity contribution >= 4 is 11.8 Å². The Hall–Kier alpha value is -1.36. The van der Waals surface area contributed by atoms with Crippen LogP contribution in [-0.4, -0.2) is 47.4 Å². The first-order chi connectivity index (χ1) is 11.3. The molecule has 3 heterocycles. The largest absolute Gasteiger partial charge is 0.393 e. The monoisotopic (exact) mass is 314 g/mol. The summed E-state index contributed by atoms with van der Waals surface area (Å²) in [5.41, 5.74) is 0. The van der Waals surface area contributed by atoms with E-state index in [-0.39, 0.29) is 6.10 Å². The van der Waals surface area contributed by atoms with Gasteiger partial charge in [-0.15, -0.1) is 0 Å². The summed E-state index contributed by atoms with van der Waals surface area (Å²) >= 11 is 0. The highest BCUT2D eigenvalue weighted by Gasteiger charge is 2.51. The van der Waals surface area contributed by atoms with Crippen LogP contribution in [-0.2, 0) is 0 Å². The van der Waals surface area contributed by atoms with Crippen molar-refractivity contribution in [1.29, 1.82) is 0 Å². The number of aliphatic hydroxyl groups excluding tert-OH is 1. The minimum absolute atomic E-state index is 0.138. The van der Waals surface area contributed by atoms with E-state index in [2.05, 4.69) is 14.8 Å². The van der Waals surface area contributed by atoms with Gasteiger partial charge >= 0.3 is 0 Å². The van der Waals surface area contributed by atoms with Crippen LogP contribution in [0.2, 0.25) is 0 Å². The molecule has 2 aliphatic carbocycles. The molecule has 0 aromatic carbocycles. The summed E-state index contributed by atoms with van der Waals surface area (Å²) in [5, 5.41) is 9.68. The maximum absolute atomic E-state index is 9.68. The van der Waals surface area contributed by atoms with Crippen LogP contribution >= 0.6 is 0 Å². The van der Waals surface area contributed by atoms with Gasteiger partial charge in [-0.05, 0) is 61.8 Å². The highest BCUT2D eigenvalue weighted by atomic mass is 16.3. The summed E-state index contributed by atoms with van der Waals surface area (Å²) in [6.07, 6.45) is 7.85. The molecule has 0 radical (unpaired) electrons. The quantitative estimate of drug-likeness (QED) is 0.904. The van der Waals surface area contributed by atoms with Crippen molar-refractivity contribution in [3.63, 3.8) is 0 Å². The van der Waals surface area contributed by atoms with Gasteiger partial charge in [-0.1, -0.05) is 0 Å². The number of fused-ring (bicyclic) bond motifs is 5. The lowest BCUT2D eigenvalue weighted by Gasteiger charge is -2.31. The molecule has 5 rings (SSSR count). The zero-order valence-electron chi connectivity index (χ0n) is 13.6. The second-order valence-electron chi connectivity index (χ2n) is 8.00. The van der Waals surface area contributed by atoms with Gasteiger partial charge in [0.1, 0.15) is 5.82 Å². The Balaban J connectivity index is 1.33. The standard InChI is InChI=1S/C18H26N4O/c23-14-4-7-21(8-5-14)17-3-6-19-18(20-17)22-10-15-12-1-2-13(9-12)16(15)11-22/h3,6,12-16,23H,1-2,4-5,7-11H2/t12-,13+,15-,16+. The van der Waals surface area contributed by atoms with Gasteiger partial charge in [0, 0.05) is 32.4 Å². The third-order valence-corrected chi connectivity index (χ3v) is 6.84. The lowest BCUT2D eigenvalue weighted by atomic mass is 9.82. The second kappa shape index (κ2) is 5.33. The van der Waals surface area contributed by atoms with Crippen LogP contribution in [0.25, 0.3) is 0 Å². The van der Waals surface area contributed by atoms with Crippen LogP contribution in [0.15, 0.2) is 12.3 Å². The van der Waals surface area contributed by atoms with Gasteiger partial charge in [0.2, 0.25) is 5.95 Å². The summed E-state index contributed by atoms with van der Waals surface area (Å²) < 4.78 is 0. The van der Waals surface area contributed by atoms with Crippen LogP contribution in [0.5, 0.6) is 0 Å². The fourth-order valence-electron chi connectivity index (χ4n) is 5.61. The number of aromatic nitrogens is 2. The second-order valence-corrected chi connectivity index (χ2v) is 8.00. The van der Waals surface area contributed by atoms with Gasteiger partial charge in [0.15, 0.2) is 0 Å². The number of rotatable bonds is 2. The van der Waals surface area contributed by atoms with E-state index in [1.165, 1.54) is 19.3 Å². The van der Waals surface area contributed by atoms with Crippen LogP contribution in [0.4, 0.5) is 11.8 Å². The SMILES string of the molecule is OC1CCN(c2ccnc(N3C[C@@H]4[C@@H]5CC[C@@H](C5)[C@@H]4C3)n2)CC1. The van der Waals surface area contributed by atoms with E-state index in [0.717, 1.165) is 74.5 Å². The number of piperidine rings is 1. The zero-order valence-corrected chi connectivity index (χ0v) is 13.6. The maximum atomic E-state index is 9.68. The third-order valence-electron chi connectivity index (χ3n) is 6.84. The van der Waals surface area contributed by atoms with Crippen molar-refractivity contribution in [2.75, 3.05) is 36.0 Å². The highest BCUT2D eigenvalue weighted by molar-refractivity contribution is 5.45. The van der Waals surface area contributed by atoms with Crippen LogP contribution in [0.3, 0.4) is 0 Å². The van der Waals surface area contributed by atoms with Gasteiger partial charge in [-0.2, -0.15) is 4.98 Å². The van der Waals surface area contributed by atoms with Gasteiger partial charge < -0.3 is 14.9 Å². The van der Waals surface area contributed by atoms with E-state index >= 15 is 0 Å². The molecule has 0 unspecified atom stereocenters. The van der Waals surface area contributed by atoms with Gasteiger partial charge in [-0.25, -0.2) is 4.98 Å². The highest BCUT2D eigenvalue weighted by Crippen LogP contribution is 2.55. The predicted octanol–water partition coefficient (Wildman–Crippen LogP) is 1.92. The Labute approximate surface area is 137 Å². The Bertz CT molecular complexity index is 568. The van der Waals surface area contributed by atoms with Crippen molar-refractivity contribution in [1.82, 2.24) is 9.97 Å². The Morgan fingerprint density at radius 3 is 2.35 bits per heavy atom. The molecule has 5 heteroatoms. The molecule has 1 aromatic rings. The van der Waals surface area contributed by atoms with E-state index in [1.54, 1.807) is 0 Å². The molecule has 1 aromatic heterocycles. The van der Waals surface area contributed by atoms with Crippen molar-refractivity contribution in [2.24, 2.45) is 23.7 Å². The Morgan fingerprint density at radius 2 is 1.65 bits per heavy atom. The Kier molecular flexibility index (Phi) is 3.25. The lowest BCUT2D eigenvalue weighted by molar-refractivity contribution is 0.145. The molecule has 124 valence electrons. The minimum atomic E-state index is -0.138. The van der Waals surface area contributed by atoms with Crippen molar-refractivity contribution < 1.29 is 5.11 Å². The number of hydrogen-bond acceptors (Lipinski definition) is 5. The molecule has 2 saturated carbocycles. The summed E-state index contributed by atoms with van der Waals surface area (Å²) in [6.45, 7) is 4.11. The summed E-state index contributed by atoms with van der Waals surface area (Å²) in [5.74, 6) is 5.69. The van der Waals surface area contributed by atoms with Crippen molar-refractivity contribution in [2.45, 2.75) is 38.2 Å². The van der Waals surface area contributed by atoms with E-state index in [4.69, 9.17) is 4.98 Å². The van der Waals surface area contributed by atoms with Crippen molar-refractivity contribution in [3.05, 3.63) is 12.3 Å². The first-order valence-electron chi connectivity index (χ1n) is 9.29. The molecule has 0 spiro atoms. The number of hydrogen-bond donors (Lipinski definition) is 1. The average Bonchev–Trinajstić information content (AvgIpc) is 3.28. The molecule has 2 saturated heterocycles. The topological polar surface area (TPSA) is 52.5 Å². The normalized spacial score (nSPS) is 36.7. The molecule has 5 nitrogen and oxygen atoms in total. The fraction of sp³-hybridized carbons (Fsp3) is 0.778. The molecule has 4 atom stereocenters. The van der Waals surface area contributed by atoms with Crippen LogP contribution < -0.4 is 9.80 Å². The molecule has 2 bridgehead atoms. The molecule has 4 aliphatic rings. The average molecular weight is 314 g/mol. The van der Waals surface area contributed by atoms with Gasteiger partial charge in [0.25, 0.3) is 0 Å².